The minimum absolute atomic E-state index is 0.545. The van der Waals surface area contributed by atoms with Crippen LogP contribution in [0.25, 0.3) is 0 Å². The first-order chi connectivity index (χ1) is 7.88. The minimum atomic E-state index is 0.545. The highest BCUT2D eigenvalue weighted by Crippen LogP contribution is 2.16. The second-order valence-corrected chi connectivity index (χ2v) is 5.18. The van der Waals surface area contributed by atoms with Crippen LogP contribution in [0.2, 0.25) is 0 Å². The molecule has 0 bridgehead atoms. The second kappa shape index (κ2) is 6.58. The number of hydrogen-bond acceptors (Lipinski definition) is 3. The quantitative estimate of drug-likeness (QED) is 0.694. The van der Waals surface area contributed by atoms with E-state index < -0.39 is 0 Å². The van der Waals surface area contributed by atoms with E-state index in [1.54, 1.807) is 0 Å². The number of rotatable bonds is 6. The van der Waals surface area contributed by atoms with Crippen molar-refractivity contribution in [1.29, 1.82) is 0 Å². The van der Waals surface area contributed by atoms with E-state index in [0.717, 1.165) is 19.1 Å². The van der Waals surface area contributed by atoms with Crippen LogP contribution < -0.4 is 5.32 Å². The molecule has 2 saturated heterocycles. The molecule has 2 aliphatic rings. The first-order valence-electron chi connectivity index (χ1n) is 6.93. The monoisotopic (exact) mass is 226 g/mol. The highest BCUT2D eigenvalue weighted by atomic mass is 16.5. The van der Waals surface area contributed by atoms with Crippen LogP contribution >= 0.6 is 0 Å². The van der Waals surface area contributed by atoms with Crippen LogP contribution in [0.5, 0.6) is 0 Å². The average Bonchev–Trinajstić information content (AvgIpc) is 2.95. The number of likely N-dealkylation sites (tertiary alicyclic amines) is 1. The molecule has 94 valence electrons. The fraction of sp³-hybridized carbons (Fsp3) is 1.00. The molecule has 0 amide bonds. The van der Waals surface area contributed by atoms with Crippen LogP contribution in [0.4, 0.5) is 0 Å². The Kier molecular flexibility index (Phi) is 5.07. The molecule has 2 aliphatic heterocycles. The maximum Gasteiger partial charge on any atom is 0.0588 e. The Morgan fingerprint density at radius 1 is 1.38 bits per heavy atom. The zero-order valence-corrected chi connectivity index (χ0v) is 10.6. The normalized spacial score (nSPS) is 31.3. The summed E-state index contributed by atoms with van der Waals surface area (Å²) in [5, 5.41) is 3.59. The molecule has 2 atom stereocenters. The van der Waals surface area contributed by atoms with Crippen molar-refractivity contribution in [1.82, 2.24) is 10.2 Å². The fourth-order valence-corrected chi connectivity index (χ4v) is 2.81. The van der Waals surface area contributed by atoms with Gasteiger partial charge in [0, 0.05) is 13.2 Å². The molecule has 3 heteroatoms. The Morgan fingerprint density at radius 2 is 2.31 bits per heavy atom. The van der Waals surface area contributed by atoms with Crippen LogP contribution in [0.1, 0.15) is 32.6 Å². The maximum absolute atomic E-state index is 5.61. The molecule has 0 saturated carbocycles. The standard InChI is InChI=1S/C13H26N2O/c1-2-15-8-6-12(11-15)10-14-7-5-13-4-3-9-16-13/h12-14H,2-11H2,1H3. The number of nitrogens with one attached hydrogen (secondary N) is 1. The number of hydrogen-bond donors (Lipinski definition) is 1. The molecule has 0 aromatic carbocycles. The Bertz CT molecular complexity index is 192. The summed E-state index contributed by atoms with van der Waals surface area (Å²) in [6.07, 6.45) is 5.65. The van der Waals surface area contributed by atoms with Gasteiger partial charge in [-0.25, -0.2) is 0 Å². The first kappa shape index (κ1) is 12.3. The maximum atomic E-state index is 5.61. The van der Waals surface area contributed by atoms with E-state index in [1.807, 2.05) is 0 Å². The van der Waals surface area contributed by atoms with Gasteiger partial charge in [-0.2, -0.15) is 0 Å². The van der Waals surface area contributed by atoms with Crippen molar-refractivity contribution in [2.45, 2.75) is 38.7 Å². The Balaban J connectivity index is 1.48. The smallest absolute Gasteiger partial charge is 0.0588 e. The molecule has 0 radical (unpaired) electrons. The van der Waals surface area contributed by atoms with Crippen molar-refractivity contribution in [2.24, 2.45) is 5.92 Å². The molecular formula is C13H26N2O. The fourth-order valence-electron chi connectivity index (χ4n) is 2.81. The van der Waals surface area contributed by atoms with E-state index in [1.165, 1.54) is 51.9 Å². The van der Waals surface area contributed by atoms with E-state index in [2.05, 4.69) is 17.1 Å². The highest BCUT2D eigenvalue weighted by molar-refractivity contribution is 4.76. The van der Waals surface area contributed by atoms with Crippen LogP contribution in [-0.2, 0) is 4.74 Å². The van der Waals surface area contributed by atoms with Gasteiger partial charge < -0.3 is 15.0 Å². The highest BCUT2D eigenvalue weighted by Gasteiger charge is 2.20. The van der Waals surface area contributed by atoms with Crippen molar-refractivity contribution in [3.05, 3.63) is 0 Å². The molecular weight excluding hydrogens is 200 g/mol. The summed E-state index contributed by atoms with van der Waals surface area (Å²) in [5.74, 6) is 0.879. The molecule has 2 unspecified atom stereocenters. The van der Waals surface area contributed by atoms with Crippen molar-refractivity contribution in [2.75, 3.05) is 39.3 Å². The molecule has 0 aromatic heterocycles. The predicted octanol–water partition coefficient (Wildman–Crippen LogP) is 1.49. The molecule has 1 N–H and O–H groups in total. The summed E-state index contributed by atoms with van der Waals surface area (Å²) in [5.41, 5.74) is 0. The summed E-state index contributed by atoms with van der Waals surface area (Å²) in [6, 6.07) is 0. The lowest BCUT2D eigenvalue weighted by atomic mass is 10.1. The largest absolute Gasteiger partial charge is 0.378 e. The Hall–Kier alpha value is -0.120. The number of nitrogens with zero attached hydrogens (tertiary/aromatic N) is 1. The third-order valence-electron chi connectivity index (χ3n) is 3.92. The van der Waals surface area contributed by atoms with Crippen molar-refractivity contribution in [3.8, 4) is 0 Å². The van der Waals surface area contributed by atoms with Gasteiger partial charge in [0.25, 0.3) is 0 Å². The predicted molar refractivity (Wildman–Crippen MR) is 66.7 cm³/mol. The van der Waals surface area contributed by atoms with Crippen molar-refractivity contribution >= 4 is 0 Å². The van der Waals surface area contributed by atoms with Gasteiger partial charge in [-0.05, 0) is 57.8 Å². The number of ether oxygens (including phenoxy) is 1. The van der Waals surface area contributed by atoms with Crippen LogP contribution in [0.15, 0.2) is 0 Å². The van der Waals surface area contributed by atoms with Gasteiger partial charge in [-0.1, -0.05) is 6.92 Å². The molecule has 2 fully saturated rings. The van der Waals surface area contributed by atoms with E-state index in [9.17, 15) is 0 Å². The molecule has 16 heavy (non-hydrogen) atoms. The van der Waals surface area contributed by atoms with Crippen LogP contribution in [-0.4, -0.2) is 50.3 Å². The van der Waals surface area contributed by atoms with Gasteiger partial charge in [-0.15, -0.1) is 0 Å². The Labute approximate surface area is 99.5 Å². The third kappa shape index (κ3) is 3.72. The summed E-state index contributed by atoms with van der Waals surface area (Å²) < 4.78 is 5.61. The molecule has 0 aromatic rings. The second-order valence-electron chi connectivity index (χ2n) is 5.18. The first-order valence-corrected chi connectivity index (χ1v) is 6.93. The van der Waals surface area contributed by atoms with Crippen molar-refractivity contribution < 1.29 is 4.74 Å². The summed E-state index contributed by atoms with van der Waals surface area (Å²) in [7, 11) is 0. The SMILES string of the molecule is CCN1CCC(CNCCC2CCCO2)C1. The lowest BCUT2D eigenvalue weighted by molar-refractivity contribution is 0.104. The molecule has 0 aliphatic carbocycles. The van der Waals surface area contributed by atoms with Gasteiger partial charge in [-0.3, -0.25) is 0 Å². The van der Waals surface area contributed by atoms with Gasteiger partial charge >= 0.3 is 0 Å². The molecule has 0 spiro atoms. The van der Waals surface area contributed by atoms with Gasteiger partial charge in [0.15, 0.2) is 0 Å². The lowest BCUT2D eigenvalue weighted by Crippen LogP contribution is -2.28. The van der Waals surface area contributed by atoms with Gasteiger partial charge in [0.2, 0.25) is 0 Å². The van der Waals surface area contributed by atoms with Crippen LogP contribution in [0.3, 0.4) is 0 Å². The third-order valence-corrected chi connectivity index (χ3v) is 3.92. The molecule has 2 heterocycles. The average molecular weight is 226 g/mol. The lowest BCUT2D eigenvalue weighted by Gasteiger charge is -2.14. The minimum Gasteiger partial charge on any atom is -0.378 e. The molecule has 2 rings (SSSR count). The molecule has 3 nitrogen and oxygen atoms in total. The summed E-state index contributed by atoms with van der Waals surface area (Å²) in [6.45, 7) is 9.38. The topological polar surface area (TPSA) is 24.5 Å². The zero-order valence-electron chi connectivity index (χ0n) is 10.6. The van der Waals surface area contributed by atoms with E-state index in [4.69, 9.17) is 4.74 Å². The summed E-state index contributed by atoms with van der Waals surface area (Å²) in [4.78, 5) is 2.55. The summed E-state index contributed by atoms with van der Waals surface area (Å²) >= 11 is 0. The van der Waals surface area contributed by atoms with Crippen molar-refractivity contribution in [3.63, 3.8) is 0 Å². The van der Waals surface area contributed by atoms with Crippen LogP contribution in [0, 0.1) is 5.92 Å². The van der Waals surface area contributed by atoms with E-state index in [0.29, 0.717) is 6.10 Å². The van der Waals surface area contributed by atoms with E-state index in [-0.39, 0.29) is 0 Å². The van der Waals surface area contributed by atoms with E-state index >= 15 is 0 Å². The van der Waals surface area contributed by atoms with Gasteiger partial charge in [0.1, 0.15) is 0 Å². The zero-order chi connectivity index (χ0) is 11.2. The Morgan fingerprint density at radius 3 is 3.00 bits per heavy atom. The van der Waals surface area contributed by atoms with Gasteiger partial charge in [0.05, 0.1) is 6.10 Å².